The first-order chi connectivity index (χ1) is 15.4. The first kappa shape index (κ1) is 22.5. The summed E-state index contributed by atoms with van der Waals surface area (Å²) in [6.45, 7) is 6.62. The second-order valence-corrected chi connectivity index (χ2v) is 9.07. The van der Waals surface area contributed by atoms with Crippen LogP contribution in [0.25, 0.3) is 0 Å². The van der Waals surface area contributed by atoms with Crippen molar-refractivity contribution in [3.05, 3.63) is 69.3 Å². The largest absolute Gasteiger partial charge is 0.497 e. The molecule has 1 heterocycles. The number of rotatable bonds is 8. The van der Waals surface area contributed by atoms with Crippen LogP contribution >= 0.6 is 15.9 Å². The zero-order valence-corrected chi connectivity index (χ0v) is 20.6. The number of aromatic nitrogens is 1. The van der Waals surface area contributed by atoms with Gasteiger partial charge >= 0.3 is 0 Å². The Morgan fingerprint density at radius 2 is 1.78 bits per heavy atom. The maximum Gasteiger partial charge on any atom is 0.145 e. The Morgan fingerprint density at radius 1 is 1.03 bits per heavy atom. The topological polar surface area (TPSA) is 52.6 Å². The Labute approximate surface area is 198 Å². The third-order valence-corrected chi connectivity index (χ3v) is 6.49. The van der Waals surface area contributed by atoms with Crippen LogP contribution in [0.4, 0.5) is 11.5 Å². The Balaban J connectivity index is 1.51. The van der Waals surface area contributed by atoms with E-state index in [2.05, 4.69) is 41.2 Å². The first-order valence-corrected chi connectivity index (χ1v) is 11.7. The van der Waals surface area contributed by atoms with Gasteiger partial charge in [0.15, 0.2) is 0 Å². The third-order valence-electron chi connectivity index (χ3n) is 5.89. The minimum Gasteiger partial charge on any atom is -0.497 e. The van der Waals surface area contributed by atoms with Gasteiger partial charge in [0.2, 0.25) is 0 Å². The predicted octanol–water partition coefficient (Wildman–Crippen LogP) is 7.03. The number of halogens is 1. The van der Waals surface area contributed by atoms with E-state index in [1.54, 1.807) is 7.11 Å². The summed E-state index contributed by atoms with van der Waals surface area (Å²) in [7, 11) is 1.67. The zero-order chi connectivity index (χ0) is 22.7. The molecule has 4 rings (SSSR count). The maximum absolute atomic E-state index is 6.13. The summed E-state index contributed by atoms with van der Waals surface area (Å²) in [6, 6.07) is 14.0. The van der Waals surface area contributed by atoms with Gasteiger partial charge in [0.1, 0.15) is 29.7 Å². The molecular formula is C26H29BrN2O3. The molecule has 1 aliphatic carbocycles. The lowest BCUT2D eigenvalue weighted by atomic mass is 9.96. The van der Waals surface area contributed by atoms with E-state index in [-0.39, 0.29) is 0 Å². The predicted molar refractivity (Wildman–Crippen MR) is 131 cm³/mol. The number of hydrogen-bond acceptors (Lipinski definition) is 5. The van der Waals surface area contributed by atoms with Crippen molar-refractivity contribution in [3.63, 3.8) is 0 Å². The smallest absolute Gasteiger partial charge is 0.145 e. The van der Waals surface area contributed by atoms with E-state index in [4.69, 9.17) is 19.2 Å². The molecule has 0 bridgehead atoms. The fourth-order valence-electron chi connectivity index (χ4n) is 3.62. The quantitative estimate of drug-likeness (QED) is 0.362. The normalized spacial score (nSPS) is 13.4. The maximum atomic E-state index is 6.13. The van der Waals surface area contributed by atoms with Crippen LogP contribution in [0, 0.1) is 20.8 Å². The summed E-state index contributed by atoms with van der Waals surface area (Å²) >= 11 is 3.66. The van der Waals surface area contributed by atoms with Gasteiger partial charge in [-0.25, -0.2) is 4.98 Å². The number of benzene rings is 2. The minimum absolute atomic E-state index is 0.324. The van der Waals surface area contributed by atoms with E-state index in [1.807, 2.05) is 43.3 Å². The van der Waals surface area contributed by atoms with Gasteiger partial charge in [-0.1, -0.05) is 18.2 Å². The fraction of sp³-hybridized carbons (Fsp3) is 0.346. The highest BCUT2D eigenvalue weighted by Gasteiger charge is 2.21. The van der Waals surface area contributed by atoms with Gasteiger partial charge < -0.3 is 19.5 Å². The molecule has 0 aliphatic heterocycles. The summed E-state index contributed by atoms with van der Waals surface area (Å²) in [4.78, 5) is 4.77. The molecule has 0 radical (unpaired) electrons. The molecule has 0 saturated heterocycles. The number of aryl methyl sites for hydroxylation is 2. The van der Waals surface area contributed by atoms with Crippen molar-refractivity contribution in [1.82, 2.24) is 4.98 Å². The molecule has 3 aromatic rings. The molecule has 6 heteroatoms. The molecule has 1 N–H and O–H groups in total. The zero-order valence-electron chi connectivity index (χ0n) is 19.0. The van der Waals surface area contributed by atoms with Gasteiger partial charge in [0.05, 0.1) is 23.4 Å². The summed E-state index contributed by atoms with van der Waals surface area (Å²) in [5.74, 6) is 3.29. The molecule has 1 fully saturated rings. The lowest BCUT2D eigenvalue weighted by Gasteiger charge is -2.27. The van der Waals surface area contributed by atoms with E-state index in [1.165, 1.54) is 6.42 Å². The monoisotopic (exact) mass is 496 g/mol. The van der Waals surface area contributed by atoms with E-state index in [0.717, 1.165) is 68.5 Å². The summed E-state index contributed by atoms with van der Waals surface area (Å²) < 4.78 is 18.3. The Morgan fingerprint density at radius 3 is 2.44 bits per heavy atom. The van der Waals surface area contributed by atoms with Crippen LogP contribution in [-0.2, 0) is 6.61 Å². The van der Waals surface area contributed by atoms with Crippen LogP contribution in [0.3, 0.4) is 0 Å². The highest BCUT2D eigenvalue weighted by Crippen LogP contribution is 2.36. The SMILES string of the molecule is COc1ccc(COc2ccc(C)c(Nc3nc(C)c(OC4CCC4)cc3Br)c2C)cc1. The van der Waals surface area contributed by atoms with Gasteiger partial charge in [-0.2, -0.15) is 0 Å². The van der Waals surface area contributed by atoms with E-state index >= 15 is 0 Å². The van der Waals surface area contributed by atoms with Crippen molar-refractivity contribution >= 4 is 27.4 Å². The average molecular weight is 497 g/mol. The number of hydrogen-bond donors (Lipinski definition) is 1. The van der Waals surface area contributed by atoms with E-state index < -0.39 is 0 Å². The first-order valence-electron chi connectivity index (χ1n) is 10.9. The van der Waals surface area contributed by atoms with Crippen LogP contribution in [0.5, 0.6) is 17.2 Å². The lowest BCUT2D eigenvalue weighted by molar-refractivity contribution is 0.119. The molecule has 1 aliphatic rings. The highest BCUT2D eigenvalue weighted by molar-refractivity contribution is 9.10. The molecule has 1 aromatic heterocycles. The van der Waals surface area contributed by atoms with Crippen LogP contribution in [-0.4, -0.2) is 18.2 Å². The van der Waals surface area contributed by atoms with E-state index in [9.17, 15) is 0 Å². The molecule has 0 atom stereocenters. The minimum atomic E-state index is 0.324. The van der Waals surface area contributed by atoms with Crippen LogP contribution < -0.4 is 19.5 Å². The van der Waals surface area contributed by atoms with Crippen LogP contribution in [0.15, 0.2) is 46.9 Å². The van der Waals surface area contributed by atoms with Crippen molar-refractivity contribution < 1.29 is 14.2 Å². The number of methoxy groups -OCH3 is 1. The molecule has 0 spiro atoms. The van der Waals surface area contributed by atoms with Crippen molar-refractivity contribution in [2.75, 3.05) is 12.4 Å². The standard InChI is InChI=1S/C26H29BrN2O3/c1-16-8-13-23(31-15-19-9-11-20(30-4)12-10-19)17(2)25(16)29-26-22(27)14-24(18(3)28-26)32-21-6-5-7-21/h8-14,21H,5-7,15H2,1-4H3,(H,28,29). The van der Waals surface area contributed by atoms with Crippen molar-refractivity contribution in [2.24, 2.45) is 0 Å². The van der Waals surface area contributed by atoms with E-state index in [0.29, 0.717) is 12.7 Å². The van der Waals surface area contributed by atoms with Crippen LogP contribution in [0.2, 0.25) is 0 Å². The van der Waals surface area contributed by atoms with Crippen molar-refractivity contribution in [3.8, 4) is 17.2 Å². The van der Waals surface area contributed by atoms with Crippen molar-refractivity contribution in [2.45, 2.75) is 52.7 Å². The Kier molecular flexibility index (Phi) is 6.89. The molecule has 0 unspecified atom stereocenters. The van der Waals surface area contributed by atoms with Crippen LogP contribution in [0.1, 0.15) is 41.6 Å². The Bertz CT molecular complexity index is 1100. The van der Waals surface area contributed by atoms with Crippen molar-refractivity contribution in [1.29, 1.82) is 0 Å². The number of ether oxygens (including phenoxy) is 3. The molecule has 2 aromatic carbocycles. The number of anilines is 2. The van der Waals surface area contributed by atoms with Gasteiger partial charge in [-0.05, 0) is 91.4 Å². The van der Waals surface area contributed by atoms with Gasteiger partial charge in [-0.15, -0.1) is 0 Å². The number of pyridine rings is 1. The molecule has 168 valence electrons. The summed E-state index contributed by atoms with van der Waals surface area (Å²) in [6.07, 6.45) is 3.82. The summed E-state index contributed by atoms with van der Waals surface area (Å²) in [5.41, 5.74) is 5.13. The second kappa shape index (κ2) is 9.82. The van der Waals surface area contributed by atoms with Gasteiger partial charge in [0, 0.05) is 11.3 Å². The molecule has 32 heavy (non-hydrogen) atoms. The third kappa shape index (κ3) is 5.01. The molecule has 0 amide bonds. The molecule has 1 saturated carbocycles. The van der Waals surface area contributed by atoms with Gasteiger partial charge in [0.25, 0.3) is 0 Å². The fourth-order valence-corrected chi connectivity index (χ4v) is 4.01. The van der Waals surface area contributed by atoms with Gasteiger partial charge in [-0.3, -0.25) is 0 Å². The molecular weight excluding hydrogens is 468 g/mol. The Hall–Kier alpha value is -2.73. The number of nitrogens with one attached hydrogen (secondary N) is 1. The summed E-state index contributed by atoms with van der Waals surface area (Å²) in [5, 5.41) is 3.50. The lowest BCUT2D eigenvalue weighted by Crippen LogP contribution is -2.25. The average Bonchev–Trinajstić information content (AvgIpc) is 2.76. The number of nitrogens with zero attached hydrogens (tertiary/aromatic N) is 1. The second-order valence-electron chi connectivity index (χ2n) is 8.22. The highest BCUT2D eigenvalue weighted by atomic mass is 79.9. The molecule has 5 nitrogen and oxygen atoms in total.